The van der Waals surface area contributed by atoms with Crippen LogP contribution in [0, 0.1) is 5.82 Å². The van der Waals surface area contributed by atoms with Gasteiger partial charge in [0.25, 0.3) is 5.91 Å². The molecule has 1 aromatic heterocycles. The standard InChI is InChI=1S/C25H26FN3O3/c1-25(24(31)27-18-5-3-4-6-18)15-28-21-14-20(32-2)12-7-16(21)13-22(28)23(30)29(25)19-10-8-17(26)9-11-19/h7-14,18H,3-6,15H2,1-2H3,(H,27,31)/t25-/m1/s1. The zero-order chi connectivity index (χ0) is 22.5. The lowest BCUT2D eigenvalue weighted by molar-refractivity contribution is -0.127. The maximum atomic E-state index is 13.8. The Balaban J connectivity index is 1.64. The molecule has 0 radical (unpaired) electrons. The monoisotopic (exact) mass is 435 g/mol. The summed E-state index contributed by atoms with van der Waals surface area (Å²) in [4.78, 5) is 28.9. The van der Waals surface area contributed by atoms with Crippen molar-refractivity contribution in [2.45, 2.75) is 50.7 Å². The smallest absolute Gasteiger partial charge is 0.275 e. The minimum atomic E-state index is -1.18. The van der Waals surface area contributed by atoms with Crippen LogP contribution in [0.3, 0.4) is 0 Å². The van der Waals surface area contributed by atoms with Crippen LogP contribution >= 0.6 is 0 Å². The van der Waals surface area contributed by atoms with Gasteiger partial charge >= 0.3 is 0 Å². The molecule has 1 atom stereocenters. The number of hydrogen-bond acceptors (Lipinski definition) is 3. The number of halogens is 1. The van der Waals surface area contributed by atoms with Crippen molar-refractivity contribution in [3.63, 3.8) is 0 Å². The van der Waals surface area contributed by atoms with E-state index in [1.54, 1.807) is 26.2 Å². The Labute approximate surface area is 186 Å². The molecule has 0 unspecified atom stereocenters. The van der Waals surface area contributed by atoms with Crippen LogP contribution in [-0.4, -0.2) is 35.1 Å². The van der Waals surface area contributed by atoms with Crippen LogP contribution in [0.15, 0.2) is 48.5 Å². The van der Waals surface area contributed by atoms with E-state index in [4.69, 9.17) is 4.74 Å². The number of fused-ring (bicyclic) bond motifs is 3. The van der Waals surface area contributed by atoms with Gasteiger partial charge in [-0.3, -0.25) is 14.5 Å². The zero-order valence-electron chi connectivity index (χ0n) is 18.2. The number of amides is 2. The van der Waals surface area contributed by atoms with Crippen molar-refractivity contribution in [2.24, 2.45) is 0 Å². The Kier molecular flexibility index (Phi) is 4.92. The minimum Gasteiger partial charge on any atom is -0.497 e. The number of nitrogens with zero attached hydrogens (tertiary/aromatic N) is 2. The van der Waals surface area contributed by atoms with Gasteiger partial charge < -0.3 is 14.6 Å². The van der Waals surface area contributed by atoms with E-state index in [-0.39, 0.29) is 24.4 Å². The second kappa shape index (κ2) is 7.65. The summed E-state index contributed by atoms with van der Waals surface area (Å²) >= 11 is 0. The van der Waals surface area contributed by atoms with Gasteiger partial charge in [0.2, 0.25) is 5.91 Å². The fourth-order valence-electron chi connectivity index (χ4n) is 5.00. The fourth-order valence-corrected chi connectivity index (χ4v) is 5.00. The van der Waals surface area contributed by atoms with Gasteiger partial charge in [-0.25, -0.2) is 4.39 Å². The van der Waals surface area contributed by atoms with E-state index < -0.39 is 11.4 Å². The van der Waals surface area contributed by atoms with Crippen molar-refractivity contribution >= 4 is 28.4 Å². The second-order valence-electron chi connectivity index (χ2n) is 8.89. The average molecular weight is 435 g/mol. The van der Waals surface area contributed by atoms with E-state index >= 15 is 0 Å². The lowest BCUT2D eigenvalue weighted by atomic mass is 9.93. The highest BCUT2D eigenvalue weighted by molar-refractivity contribution is 6.14. The third-order valence-corrected chi connectivity index (χ3v) is 6.76. The third kappa shape index (κ3) is 3.23. The zero-order valence-corrected chi connectivity index (χ0v) is 18.2. The maximum absolute atomic E-state index is 13.8. The molecule has 5 rings (SSSR count). The summed E-state index contributed by atoms with van der Waals surface area (Å²) in [7, 11) is 1.60. The average Bonchev–Trinajstić information content (AvgIpc) is 3.42. The van der Waals surface area contributed by atoms with E-state index in [1.165, 1.54) is 17.0 Å². The summed E-state index contributed by atoms with van der Waals surface area (Å²) < 4.78 is 20.9. The fraction of sp³-hybridized carbons (Fsp3) is 0.360. The highest BCUT2D eigenvalue weighted by atomic mass is 19.1. The predicted octanol–water partition coefficient (Wildman–Crippen LogP) is 4.27. The van der Waals surface area contributed by atoms with Gasteiger partial charge in [-0.05, 0) is 62.2 Å². The van der Waals surface area contributed by atoms with Crippen LogP contribution in [-0.2, 0) is 11.3 Å². The van der Waals surface area contributed by atoms with E-state index in [0.29, 0.717) is 17.1 Å². The predicted molar refractivity (Wildman–Crippen MR) is 121 cm³/mol. The number of ether oxygens (including phenoxy) is 1. The van der Waals surface area contributed by atoms with Gasteiger partial charge in [-0.2, -0.15) is 0 Å². The van der Waals surface area contributed by atoms with Crippen LogP contribution in [0.2, 0.25) is 0 Å². The Morgan fingerprint density at radius 3 is 2.53 bits per heavy atom. The third-order valence-electron chi connectivity index (χ3n) is 6.76. The van der Waals surface area contributed by atoms with E-state index in [1.807, 2.05) is 28.8 Å². The molecular formula is C25H26FN3O3. The Hall–Kier alpha value is -3.35. The molecule has 1 aliphatic heterocycles. The topological polar surface area (TPSA) is 63.6 Å². The van der Waals surface area contributed by atoms with Gasteiger partial charge in [0, 0.05) is 23.2 Å². The summed E-state index contributed by atoms with van der Waals surface area (Å²) in [5.74, 6) is -0.194. The molecule has 1 aliphatic carbocycles. The molecule has 0 bridgehead atoms. The first kappa shape index (κ1) is 20.5. The van der Waals surface area contributed by atoms with Gasteiger partial charge in [-0.15, -0.1) is 0 Å². The normalized spacial score (nSPS) is 21.1. The lowest BCUT2D eigenvalue weighted by Crippen LogP contribution is -2.65. The van der Waals surface area contributed by atoms with E-state index in [9.17, 15) is 14.0 Å². The molecule has 2 amide bonds. The van der Waals surface area contributed by atoms with Crippen molar-refractivity contribution in [1.82, 2.24) is 9.88 Å². The van der Waals surface area contributed by atoms with Crippen molar-refractivity contribution in [1.29, 1.82) is 0 Å². The molecule has 6 nitrogen and oxygen atoms in total. The maximum Gasteiger partial charge on any atom is 0.275 e. The number of nitrogens with one attached hydrogen (secondary N) is 1. The molecule has 2 aliphatic rings. The van der Waals surface area contributed by atoms with Gasteiger partial charge in [0.05, 0.1) is 19.2 Å². The van der Waals surface area contributed by atoms with Crippen molar-refractivity contribution < 1.29 is 18.7 Å². The molecule has 2 heterocycles. The SMILES string of the molecule is COc1ccc2cc3n(c2c1)C[C@](C)(C(=O)NC1CCCC1)N(c1ccc(F)cc1)C3=O. The van der Waals surface area contributed by atoms with Crippen LogP contribution in [0.25, 0.3) is 10.9 Å². The summed E-state index contributed by atoms with van der Waals surface area (Å²) in [5, 5.41) is 4.07. The van der Waals surface area contributed by atoms with Crippen molar-refractivity contribution in [3.05, 3.63) is 60.0 Å². The first-order valence-corrected chi connectivity index (χ1v) is 11.0. The van der Waals surface area contributed by atoms with Crippen LogP contribution in [0.4, 0.5) is 10.1 Å². The molecule has 0 spiro atoms. The number of aromatic nitrogens is 1. The summed E-state index contributed by atoms with van der Waals surface area (Å²) in [5.41, 5.74) is 0.643. The van der Waals surface area contributed by atoms with Gasteiger partial charge in [0.15, 0.2) is 0 Å². The molecule has 0 saturated heterocycles. The van der Waals surface area contributed by atoms with Crippen molar-refractivity contribution in [2.75, 3.05) is 12.0 Å². The molecule has 166 valence electrons. The van der Waals surface area contributed by atoms with E-state index in [0.717, 1.165) is 36.6 Å². The number of hydrogen-bond donors (Lipinski definition) is 1. The second-order valence-corrected chi connectivity index (χ2v) is 8.89. The number of carbonyl (C=O) groups is 2. The number of methoxy groups -OCH3 is 1. The summed E-state index contributed by atoms with van der Waals surface area (Å²) in [6, 6.07) is 13.3. The molecule has 32 heavy (non-hydrogen) atoms. The molecular weight excluding hydrogens is 409 g/mol. The summed E-state index contributed by atoms with van der Waals surface area (Å²) in [6.45, 7) is 2.06. The molecule has 7 heteroatoms. The molecule has 1 fully saturated rings. The number of carbonyl (C=O) groups excluding carboxylic acids is 2. The summed E-state index contributed by atoms with van der Waals surface area (Å²) in [6.07, 6.45) is 4.07. The van der Waals surface area contributed by atoms with Crippen LogP contribution < -0.4 is 15.0 Å². The van der Waals surface area contributed by atoms with E-state index in [2.05, 4.69) is 5.32 Å². The minimum absolute atomic E-state index is 0.118. The highest BCUT2D eigenvalue weighted by Crippen LogP contribution is 2.37. The largest absolute Gasteiger partial charge is 0.497 e. The van der Waals surface area contributed by atoms with Crippen LogP contribution in [0.1, 0.15) is 43.1 Å². The molecule has 1 saturated carbocycles. The van der Waals surface area contributed by atoms with Gasteiger partial charge in [-0.1, -0.05) is 12.8 Å². The lowest BCUT2D eigenvalue weighted by Gasteiger charge is -2.44. The first-order valence-electron chi connectivity index (χ1n) is 11.0. The molecule has 2 aromatic carbocycles. The highest BCUT2D eigenvalue weighted by Gasteiger charge is 2.49. The number of anilines is 1. The van der Waals surface area contributed by atoms with Crippen molar-refractivity contribution in [3.8, 4) is 5.75 Å². The number of rotatable bonds is 4. The Morgan fingerprint density at radius 2 is 1.84 bits per heavy atom. The quantitative estimate of drug-likeness (QED) is 0.666. The molecule has 3 aromatic rings. The van der Waals surface area contributed by atoms with Gasteiger partial charge in [0.1, 0.15) is 22.8 Å². The number of benzene rings is 2. The molecule has 1 N–H and O–H groups in total. The van der Waals surface area contributed by atoms with Crippen LogP contribution in [0.5, 0.6) is 5.75 Å². The first-order chi connectivity index (χ1) is 15.4. The Morgan fingerprint density at radius 1 is 1.12 bits per heavy atom. The Bertz CT molecular complexity index is 1200.